The Labute approximate surface area is 155 Å². The number of ether oxygens (including phenoxy) is 2. The molecule has 7 heteroatoms. The zero-order valence-corrected chi connectivity index (χ0v) is 14.6. The van der Waals surface area contributed by atoms with Crippen molar-refractivity contribution in [1.29, 1.82) is 5.26 Å². The highest BCUT2D eigenvalue weighted by atomic mass is 35.5. The highest BCUT2D eigenvalue weighted by Gasteiger charge is 2.27. The molecule has 0 aromatic heterocycles. The predicted molar refractivity (Wildman–Crippen MR) is 98.2 cm³/mol. The highest BCUT2D eigenvalue weighted by molar-refractivity contribution is 6.33. The molecule has 0 fully saturated rings. The number of hydrogen-bond donors (Lipinski definition) is 1. The van der Waals surface area contributed by atoms with Gasteiger partial charge in [0, 0.05) is 18.0 Å². The van der Waals surface area contributed by atoms with Crippen LogP contribution in [-0.4, -0.2) is 13.8 Å². The normalized spacial score (nSPS) is 13.7. The first kappa shape index (κ1) is 17.6. The van der Waals surface area contributed by atoms with Crippen LogP contribution in [0, 0.1) is 17.1 Å². The van der Waals surface area contributed by atoms with E-state index in [-0.39, 0.29) is 23.1 Å². The average molecular weight is 372 g/mol. The van der Waals surface area contributed by atoms with Crippen LogP contribution in [0.5, 0.6) is 5.75 Å². The topological polar surface area (TPSA) is 57.5 Å². The van der Waals surface area contributed by atoms with Crippen molar-refractivity contribution in [2.24, 2.45) is 0 Å². The number of nitrogens with zero attached hydrogens (tertiary/aromatic N) is 2. The minimum atomic E-state index is -0.520. The van der Waals surface area contributed by atoms with Crippen LogP contribution >= 0.6 is 11.6 Å². The number of halogens is 2. The maximum Gasteiger partial charge on any atom is 0.166 e. The van der Waals surface area contributed by atoms with E-state index in [1.807, 2.05) is 30.3 Å². The molecule has 1 aliphatic rings. The summed E-state index contributed by atoms with van der Waals surface area (Å²) in [4.78, 5) is 1.41. The van der Waals surface area contributed by atoms with Gasteiger partial charge in [-0.3, -0.25) is 4.90 Å². The van der Waals surface area contributed by atoms with Crippen molar-refractivity contribution in [2.75, 3.05) is 24.1 Å². The van der Waals surface area contributed by atoms with Gasteiger partial charge >= 0.3 is 0 Å². The number of nitriles is 1. The Balaban J connectivity index is 1.82. The van der Waals surface area contributed by atoms with Crippen LogP contribution in [0.15, 0.2) is 66.2 Å². The van der Waals surface area contributed by atoms with Gasteiger partial charge in [-0.1, -0.05) is 23.7 Å². The van der Waals surface area contributed by atoms with Gasteiger partial charge in [-0.25, -0.2) is 4.39 Å². The fourth-order valence-electron chi connectivity index (χ4n) is 2.49. The van der Waals surface area contributed by atoms with Crippen LogP contribution in [0.1, 0.15) is 0 Å². The zero-order chi connectivity index (χ0) is 18.5. The maximum atomic E-state index is 14.1. The molecule has 0 aliphatic carbocycles. The Morgan fingerprint density at radius 3 is 2.88 bits per heavy atom. The molecule has 132 valence electrons. The van der Waals surface area contributed by atoms with Crippen molar-refractivity contribution in [3.63, 3.8) is 0 Å². The van der Waals surface area contributed by atoms with Crippen LogP contribution in [0.4, 0.5) is 15.8 Å². The minimum absolute atomic E-state index is 0.00236. The number of rotatable bonds is 5. The number of para-hydroxylation sites is 1. The van der Waals surface area contributed by atoms with E-state index in [0.29, 0.717) is 5.76 Å². The van der Waals surface area contributed by atoms with Crippen molar-refractivity contribution < 1.29 is 13.9 Å². The Bertz CT molecular complexity index is 901. The van der Waals surface area contributed by atoms with Gasteiger partial charge in [0.1, 0.15) is 17.6 Å². The van der Waals surface area contributed by atoms with Gasteiger partial charge in [0.2, 0.25) is 0 Å². The molecule has 0 saturated heterocycles. The first-order valence-electron chi connectivity index (χ1n) is 7.70. The van der Waals surface area contributed by atoms with E-state index in [2.05, 4.69) is 5.32 Å². The molecule has 1 N–H and O–H groups in total. The summed E-state index contributed by atoms with van der Waals surface area (Å²) in [5, 5.41) is 12.7. The van der Waals surface area contributed by atoms with Crippen molar-refractivity contribution >= 4 is 23.0 Å². The number of nitrogens with one attached hydrogen (secondary N) is 1. The van der Waals surface area contributed by atoms with Gasteiger partial charge in [-0.15, -0.1) is 0 Å². The molecule has 0 spiro atoms. The second-order valence-electron chi connectivity index (χ2n) is 5.31. The molecule has 2 aromatic rings. The lowest BCUT2D eigenvalue weighted by atomic mass is 10.2. The summed E-state index contributed by atoms with van der Waals surface area (Å²) in [5.74, 6) is 0.522. The lowest BCUT2D eigenvalue weighted by Gasteiger charge is -2.17. The molecule has 26 heavy (non-hydrogen) atoms. The third kappa shape index (κ3) is 3.58. The second-order valence-corrected chi connectivity index (χ2v) is 5.71. The minimum Gasteiger partial charge on any atom is -0.497 e. The van der Waals surface area contributed by atoms with Gasteiger partial charge in [0.15, 0.2) is 18.2 Å². The summed E-state index contributed by atoms with van der Waals surface area (Å²) < 4.78 is 24.8. The first-order valence-corrected chi connectivity index (χ1v) is 8.07. The van der Waals surface area contributed by atoms with E-state index in [4.69, 9.17) is 21.1 Å². The van der Waals surface area contributed by atoms with Crippen molar-refractivity contribution in [3.8, 4) is 11.8 Å². The maximum absolute atomic E-state index is 14.1. The number of anilines is 2. The van der Waals surface area contributed by atoms with Gasteiger partial charge in [0.25, 0.3) is 0 Å². The van der Waals surface area contributed by atoms with E-state index in [0.717, 1.165) is 11.4 Å². The lowest BCUT2D eigenvalue weighted by Crippen LogP contribution is -2.20. The van der Waals surface area contributed by atoms with E-state index >= 15 is 0 Å². The summed E-state index contributed by atoms with van der Waals surface area (Å²) in [7, 11) is 1.59. The van der Waals surface area contributed by atoms with Gasteiger partial charge in [-0.2, -0.15) is 5.26 Å². The number of allylic oxidation sites excluding steroid dienone is 2. The number of benzene rings is 2. The molecular weight excluding hydrogens is 357 g/mol. The molecule has 0 saturated carbocycles. The molecule has 0 amide bonds. The molecule has 0 unspecified atom stereocenters. The zero-order valence-electron chi connectivity index (χ0n) is 13.9. The standard InChI is InChI=1S/C19H15ClFN3O2/c1-25-14-5-2-4-13(10-14)23-9-8-18-17(11-22)24(12-26-18)19-15(20)6-3-7-16(19)21/h2-10,23H,12H2,1H3/b9-8+. The van der Waals surface area contributed by atoms with E-state index in [1.54, 1.807) is 25.5 Å². The van der Waals surface area contributed by atoms with Crippen molar-refractivity contribution in [1.82, 2.24) is 0 Å². The second kappa shape index (κ2) is 7.81. The lowest BCUT2D eigenvalue weighted by molar-refractivity contribution is 0.257. The number of hydrogen-bond acceptors (Lipinski definition) is 5. The van der Waals surface area contributed by atoms with Crippen molar-refractivity contribution in [2.45, 2.75) is 0 Å². The van der Waals surface area contributed by atoms with Crippen LogP contribution in [-0.2, 0) is 4.74 Å². The molecular formula is C19H15ClFN3O2. The Kier molecular flexibility index (Phi) is 5.30. The summed E-state index contributed by atoms with van der Waals surface area (Å²) >= 11 is 6.08. The van der Waals surface area contributed by atoms with Gasteiger partial charge in [0.05, 0.1) is 17.8 Å². The van der Waals surface area contributed by atoms with Crippen LogP contribution in [0.25, 0.3) is 0 Å². The molecule has 2 aromatic carbocycles. The summed E-state index contributed by atoms with van der Waals surface area (Å²) in [5.41, 5.74) is 1.11. The van der Waals surface area contributed by atoms with Crippen molar-refractivity contribution in [3.05, 3.63) is 77.0 Å². The van der Waals surface area contributed by atoms with E-state index in [1.165, 1.54) is 17.0 Å². The molecule has 0 atom stereocenters. The molecule has 1 aliphatic heterocycles. The summed E-state index contributed by atoms with van der Waals surface area (Å²) in [6, 6.07) is 13.8. The average Bonchev–Trinajstić information content (AvgIpc) is 3.04. The summed E-state index contributed by atoms with van der Waals surface area (Å²) in [6.45, 7) is 0.00236. The number of methoxy groups -OCH3 is 1. The fraction of sp³-hybridized carbons (Fsp3) is 0.105. The van der Waals surface area contributed by atoms with Crippen LogP contribution < -0.4 is 15.0 Å². The molecule has 0 bridgehead atoms. The van der Waals surface area contributed by atoms with Crippen LogP contribution in [0.3, 0.4) is 0 Å². The van der Waals surface area contributed by atoms with E-state index < -0.39 is 5.82 Å². The highest BCUT2D eigenvalue weighted by Crippen LogP contribution is 2.35. The first-order chi connectivity index (χ1) is 12.6. The third-order valence-corrected chi connectivity index (χ3v) is 4.03. The Morgan fingerprint density at radius 2 is 2.15 bits per heavy atom. The third-order valence-electron chi connectivity index (χ3n) is 3.72. The van der Waals surface area contributed by atoms with Gasteiger partial charge < -0.3 is 14.8 Å². The Morgan fingerprint density at radius 1 is 1.35 bits per heavy atom. The largest absolute Gasteiger partial charge is 0.497 e. The summed E-state index contributed by atoms with van der Waals surface area (Å²) in [6.07, 6.45) is 3.24. The molecule has 3 rings (SSSR count). The van der Waals surface area contributed by atoms with Gasteiger partial charge in [-0.05, 0) is 30.3 Å². The molecule has 1 heterocycles. The molecule has 5 nitrogen and oxygen atoms in total. The Hall–Kier alpha value is -3.17. The quantitative estimate of drug-likeness (QED) is 0.829. The smallest absolute Gasteiger partial charge is 0.166 e. The van der Waals surface area contributed by atoms with E-state index in [9.17, 15) is 9.65 Å². The fourth-order valence-corrected chi connectivity index (χ4v) is 2.76. The predicted octanol–water partition coefficient (Wildman–Crippen LogP) is 4.64. The van der Waals surface area contributed by atoms with Crippen LogP contribution in [0.2, 0.25) is 5.02 Å². The SMILES string of the molecule is COc1cccc(N/C=C/C2=C(C#N)N(c3c(F)cccc3Cl)CO2)c1. The molecule has 0 radical (unpaired) electrons. The monoisotopic (exact) mass is 371 g/mol.